The van der Waals surface area contributed by atoms with Gasteiger partial charge in [-0.25, -0.2) is 4.39 Å². The van der Waals surface area contributed by atoms with Crippen molar-refractivity contribution in [3.63, 3.8) is 0 Å². The van der Waals surface area contributed by atoms with E-state index in [9.17, 15) is 14.5 Å². The molecular weight excluding hydrogens is 283 g/mol. The van der Waals surface area contributed by atoms with E-state index in [4.69, 9.17) is 11.6 Å². The summed E-state index contributed by atoms with van der Waals surface area (Å²) in [5.74, 6) is -0.283. The van der Waals surface area contributed by atoms with E-state index in [2.05, 4.69) is 5.32 Å². The summed E-state index contributed by atoms with van der Waals surface area (Å²) in [5.41, 5.74) is 0.839. The van der Waals surface area contributed by atoms with Gasteiger partial charge in [-0.3, -0.25) is 10.1 Å². The van der Waals surface area contributed by atoms with E-state index in [1.54, 1.807) is 18.2 Å². The normalized spacial score (nSPS) is 10.3. The molecule has 0 aliphatic rings. The predicted molar refractivity (Wildman–Crippen MR) is 76.7 cm³/mol. The lowest BCUT2D eigenvalue weighted by atomic mass is 10.1. The average molecular weight is 295 g/mol. The highest BCUT2D eigenvalue weighted by Gasteiger charge is 2.13. The monoisotopic (exact) mass is 294 g/mol. The number of benzene rings is 2. The molecule has 0 atom stereocenters. The molecule has 6 heteroatoms. The molecule has 104 valence electrons. The molecule has 4 nitrogen and oxygen atoms in total. The van der Waals surface area contributed by atoms with Crippen LogP contribution in [0, 0.1) is 15.9 Å². The number of hydrogen-bond acceptors (Lipinski definition) is 3. The summed E-state index contributed by atoms with van der Waals surface area (Å²) in [6, 6.07) is 10.7. The maximum Gasteiger partial charge on any atom is 0.292 e. The van der Waals surface area contributed by atoms with Crippen molar-refractivity contribution in [2.75, 3.05) is 11.9 Å². The quantitative estimate of drug-likeness (QED) is 0.669. The van der Waals surface area contributed by atoms with Crippen LogP contribution in [-0.2, 0) is 6.42 Å². The molecule has 0 heterocycles. The van der Waals surface area contributed by atoms with Gasteiger partial charge in [0, 0.05) is 17.6 Å². The maximum absolute atomic E-state index is 13.4. The topological polar surface area (TPSA) is 55.2 Å². The number of rotatable bonds is 5. The van der Waals surface area contributed by atoms with Gasteiger partial charge in [-0.05, 0) is 30.2 Å². The van der Waals surface area contributed by atoms with Crippen molar-refractivity contribution >= 4 is 23.0 Å². The van der Waals surface area contributed by atoms with E-state index < -0.39 is 4.92 Å². The molecule has 20 heavy (non-hydrogen) atoms. The Bertz CT molecular complexity index is 634. The fourth-order valence-electron chi connectivity index (χ4n) is 1.84. The van der Waals surface area contributed by atoms with E-state index in [-0.39, 0.29) is 11.5 Å². The van der Waals surface area contributed by atoms with Crippen LogP contribution in [0.1, 0.15) is 5.56 Å². The minimum Gasteiger partial charge on any atom is -0.379 e. The lowest BCUT2D eigenvalue weighted by Gasteiger charge is -2.08. The zero-order chi connectivity index (χ0) is 14.5. The molecule has 0 radical (unpaired) electrons. The Morgan fingerprint density at radius 1 is 1.25 bits per heavy atom. The van der Waals surface area contributed by atoms with Crippen LogP contribution in [0.4, 0.5) is 15.8 Å². The number of nitrogens with zero attached hydrogens (tertiary/aromatic N) is 1. The van der Waals surface area contributed by atoms with Gasteiger partial charge in [-0.2, -0.15) is 0 Å². The maximum atomic E-state index is 13.4. The highest BCUT2D eigenvalue weighted by atomic mass is 35.5. The number of anilines is 1. The van der Waals surface area contributed by atoms with Crippen molar-refractivity contribution in [3.8, 4) is 0 Å². The summed E-state index contributed by atoms with van der Waals surface area (Å²) in [6.45, 7) is 0.377. The van der Waals surface area contributed by atoms with Gasteiger partial charge in [0.15, 0.2) is 0 Å². The second-order valence-electron chi connectivity index (χ2n) is 4.19. The van der Waals surface area contributed by atoms with Gasteiger partial charge in [0.25, 0.3) is 5.69 Å². The second kappa shape index (κ2) is 6.34. The van der Waals surface area contributed by atoms with Crippen molar-refractivity contribution < 1.29 is 9.31 Å². The number of hydrogen-bond donors (Lipinski definition) is 1. The summed E-state index contributed by atoms with van der Waals surface area (Å²) in [5, 5.41) is 14.2. The van der Waals surface area contributed by atoms with Crippen LogP contribution >= 0.6 is 11.6 Å². The SMILES string of the molecule is O=[N+]([O-])c1ccc(Cl)cc1NCCc1ccccc1F. The van der Waals surface area contributed by atoms with Crippen molar-refractivity contribution in [2.45, 2.75) is 6.42 Å². The van der Waals surface area contributed by atoms with E-state index in [1.807, 2.05) is 0 Å². The molecule has 0 spiro atoms. The summed E-state index contributed by atoms with van der Waals surface area (Å²) < 4.78 is 13.4. The lowest BCUT2D eigenvalue weighted by molar-refractivity contribution is -0.384. The van der Waals surface area contributed by atoms with Crippen LogP contribution in [0.3, 0.4) is 0 Å². The number of nitrogens with one attached hydrogen (secondary N) is 1. The first kappa shape index (κ1) is 14.3. The van der Waals surface area contributed by atoms with Crippen molar-refractivity contribution in [3.05, 3.63) is 69.0 Å². The van der Waals surface area contributed by atoms with E-state index >= 15 is 0 Å². The van der Waals surface area contributed by atoms with Crippen LogP contribution in [0.15, 0.2) is 42.5 Å². The van der Waals surface area contributed by atoms with Gasteiger partial charge in [0.1, 0.15) is 11.5 Å². The zero-order valence-corrected chi connectivity index (χ0v) is 11.2. The van der Waals surface area contributed by atoms with Gasteiger partial charge in [0.05, 0.1) is 4.92 Å². The van der Waals surface area contributed by atoms with Crippen molar-refractivity contribution in [1.29, 1.82) is 0 Å². The Morgan fingerprint density at radius 2 is 2.00 bits per heavy atom. The summed E-state index contributed by atoms with van der Waals surface area (Å²) in [7, 11) is 0. The largest absolute Gasteiger partial charge is 0.379 e. The summed E-state index contributed by atoms with van der Waals surface area (Å²) in [6.07, 6.45) is 0.427. The Hall–Kier alpha value is -2.14. The molecular formula is C14H12ClFN2O2. The van der Waals surface area contributed by atoms with Gasteiger partial charge in [-0.1, -0.05) is 29.8 Å². The molecule has 0 aliphatic heterocycles. The molecule has 0 aromatic heterocycles. The molecule has 0 saturated heterocycles. The van der Waals surface area contributed by atoms with Crippen LogP contribution in [0.25, 0.3) is 0 Å². The Labute approximate surface area is 120 Å². The molecule has 0 fully saturated rings. The number of nitro groups is 1. The molecule has 0 bridgehead atoms. The van der Waals surface area contributed by atoms with E-state index in [0.717, 1.165) is 0 Å². The minimum atomic E-state index is -0.484. The average Bonchev–Trinajstić information content (AvgIpc) is 2.41. The second-order valence-corrected chi connectivity index (χ2v) is 4.62. The fraction of sp³-hybridized carbons (Fsp3) is 0.143. The predicted octanol–water partition coefficient (Wildman–Crippen LogP) is 4.04. The molecule has 0 saturated carbocycles. The highest BCUT2D eigenvalue weighted by Crippen LogP contribution is 2.27. The third kappa shape index (κ3) is 3.45. The molecule has 0 amide bonds. The van der Waals surface area contributed by atoms with Crippen LogP contribution < -0.4 is 5.32 Å². The first-order chi connectivity index (χ1) is 9.58. The standard InChI is InChI=1S/C14H12ClFN2O2/c15-11-5-6-14(18(19)20)13(9-11)17-8-7-10-3-1-2-4-12(10)16/h1-6,9,17H,7-8H2. The third-order valence-electron chi connectivity index (χ3n) is 2.82. The third-order valence-corrected chi connectivity index (χ3v) is 3.06. The van der Waals surface area contributed by atoms with Gasteiger partial charge < -0.3 is 5.32 Å². The van der Waals surface area contributed by atoms with Gasteiger partial charge in [-0.15, -0.1) is 0 Å². The molecule has 1 N–H and O–H groups in total. The van der Waals surface area contributed by atoms with Crippen LogP contribution in [0.5, 0.6) is 0 Å². The zero-order valence-electron chi connectivity index (χ0n) is 10.5. The number of nitro benzene ring substituents is 1. The molecule has 0 unspecified atom stereocenters. The molecule has 2 aromatic carbocycles. The first-order valence-electron chi connectivity index (χ1n) is 5.99. The first-order valence-corrected chi connectivity index (χ1v) is 6.37. The Balaban J connectivity index is 2.06. The molecule has 2 rings (SSSR count). The fourth-order valence-corrected chi connectivity index (χ4v) is 2.01. The minimum absolute atomic E-state index is 0.0528. The van der Waals surface area contributed by atoms with Crippen molar-refractivity contribution in [1.82, 2.24) is 0 Å². The number of halogens is 2. The molecule has 0 aliphatic carbocycles. The molecule has 2 aromatic rings. The van der Waals surface area contributed by atoms with Crippen LogP contribution in [-0.4, -0.2) is 11.5 Å². The highest BCUT2D eigenvalue weighted by molar-refractivity contribution is 6.31. The van der Waals surface area contributed by atoms with E-state index in [1.165, 1.54) is 24.3 Å². The summed E-state index contributed by atoms with van der Waals surface area (Å²) in [4.78, 5) is 10.4. The van der Waals surface area contributed by atoms with Crippen molar-refractivity contribution in [2.24, 2.45) is 0 Å². The Morgan fingerprint density at radius 3 is 2.70 bits per heavy atom. The van der Waals surface area contributed by atoms with Gasteiger partial charge >= 0.3 is 0 Å². The van der Waals surface area contributed by atoms with E-state index in [0.29, 0.717) is 29.2 Å². The van der Waals surface area contributed by atoms with Gasteiger partial charge in [0.2, 0.25) is 0 Å². The Kier molecular flexibility index (Phi) is 4.53. The summed E-state index contributed by atoms with van der Waals surface area (Å²) >= 11 is 5.82. The smallest absolute Gasteiger partial charge is 0.292 e. The van der Waals surface area contributed by atoms with Crippen LogP contribution in [0.2, 0.25) is 5.02 Å². The lowest BCUT2D eigenvalue weighted by Crippen LogP contribution is -2.07.